The van der Waals surface area contributed by atoms with Gasteiger partial charge in [-0.2, -0.15) is 10.1 Å². The van der Waals surface area contributed by atoms with Crippen LogP contribution in [0.4, 0.5) is 5.69 Å². The largest absolute Gasteiger partial charge is 0.493 e. The zero-order chi connectivity index (χ0) is 21.8. The van der Waals surface area contributed by atoms with Crippen molar-refractivity contribution in [2.45, 2.75) is 20.3 Å². The summed E-state index contributed by atoms with van der Waals surface area (Å²) in [5, 5.41) is 14.7. The molecule has 7 nitrogen and oxygen atoms in total. The topological polar surface area (TPSA) is 88.4 Å². The van der Waals surface area contributed by atoms with E-state index in [4.69, 9.17) is 9.47 Å². The fourth-order valence-electron chi connectivity index (χ4n) is 2.93. The Morgan fingerprint density at radius 3 is 2.70 bits per heavy atom. The van der Waals surface area contributed by atoms with E-state index in [0.29, 0.717) is 35.1 Å². The summed E-state index contributed by atoms with van der Waals surface area (Å²) in [6.07, 6.45) is 2.59. The number of hydrogen-bond donors (Lipinski definition) is 1. The SMILES string of the molecule is CCCOc1cc(Br)c(/C=C2/C(=O)N(c3cccc(C(=O)O)c3)N=C2C)cc1OC. The van der Waals surface area contributed by atoms with Crippen molar-refractivity contribution in [2.75, 3.05) is 18.7 Å². The van der Waals surface area contributed by atoms with E-state index in [2.05, 4.69) is 21.0 Å². The van der Waals surface area contributed by atoms with Crippen LogP contribution in [0.25, 0.3) is 6.08 Å². The number of carboxylic acids is 1. The summed E-state index contributed by atoms with van der Waals surface area (Å²) in [6, 6.07) is 9.69. The minimum Gasteiger partial charge on any atom is -0.493 e. The Morgan fingerprint density at radius 2 is 2.03 bits per heavy atom. The van der Waals surface area contributed by atoms with Crippen molar-refractivity contribution in [3.63, 3.8) is 0 Å². The van der Waals surface area contributed by atoms with Crippen molar-refractivity contribution in [3.05, 3.63) is 57.6 Å². The maximum Gasteiger partial charge on any atom is 0.335 e. The van der Waals surface area contributed by atoms with Crippen LogP contribution in [-0.4, -0.2) is 36.4 Å². The molecule has 1 amide bonds. The Hall–Kier alpha value is -3.13. The number of carbonyl (C=O) groups excluding carboxylic acids is 1. The number of aromatic carboxylic acids is 1. The Morgan fingerprint density at radius 1 is 1.27 bits per heavy atom. The molecule has 30 heavy (non-hydrogen) atoms. The van der Waals surface area contributed by atoms with E-state index in [9.17, 15) is 14.7 Å². The van der Waals surface area contributed by atoms with E-state index >= 15 is 0 Å². The van der Waals surface area contributed by atoms with Gasteiger partial charge in [0.1, 0.15) is 0 Å². The predicted molar refractivity (Wildman–Crippen MR) is 118 cm³/mol. The van der Waals surface area contributed by atoms with Gasteiger partial charge in [-0.05, 0) is 55.3 Å². The lowest BCUT2D eigenvalue weighted by Crippen LogP contribution is -2.21. The molecular formula is C22H21BrN2O5. The monoisotopic (exact) mass is 472 g/mol. The molecule has 0 aromatic heterocycles. The van der Waals surface area contributed by atoms with E-state index in [0.717, 1.165) is 16.5 Å². The lowest BCUT2D eigenvalue weighted by atomic mass is 10.1. The molecule has 3 rings (SSSR count). The molecule has 1 aliphatic heterocycles. The molecule has 0 saturated carbocycles. The quantitative estimate of drug-likeness (QED) is 0.587. The third kappa shape index (κ3) is 4.38. The number of hydrogen-bond acceptors (Lipinski definition) is 5. The van der Waals surface area contributed by atoms with Crippen LogP contribution in [0.2, 0.25) is 0 Å². The molecule has 1 N–H and O–H groups in total. The Balaban J connectivity index is 1.95. The summed E-state index contributed by atoms with van der Waals surface area (Å²) >= 11 is 3.52. The normalized spacial score (nSPS) is 14.8. The molecular weight excluding hydrogens is 452 g/mol. The van der Waals surface area contributed by atoms with Gasteiger partial charge in [0.2, 0.25) is 0 Å². The van der Waals surface area contributed by atoms with Crippen molar-refractivity contribution < 1.29 is 24.2 Å². The number of hydrazone groups is 1. The smallest absolute Gasteiger partial charge is 0.335 e. The maximum absolute atomic E-state index is 13.0. The summed E-state index contributed by atoms with van der Waals surface area (Å²) in [5.74, 6) is -0.234. The van der Waals surface area contributed by atoms with Gasteiger partial charge in [-0.1, -0.05) is 28.9 Å². The number of benzene rings is 2. The van der Waals surface area contributed by atoms with Crippen molar-refractivity contribution in [1.82, 2.24) is 0 Å². The van der Waals surface area contributed by atoms with E-state index in [1.165, 1.54) is 17.1 Å². The first-order valence-corrected chi connectivity index (χ1v) is 10.1. The highest BCUT2D eigenvalue weighted by molar-refractivity contribution is 9.10. The van der Waals surface area contributed by atoms with Crippen molar-refractivity contribution in [2.24, 2.45) is 5.10 Å². The second kappa shape index (κ2) is 9.13. The standard InChI is InChI=1S/C22H21BrN2O5/c1-4-8-30-20-12-18(23)15(11-19(20)29-3)10-17-13(2)24-25(21(17)26)16-7-5-6-14(9-16)22(27)28/h5-7,9-12H,4,8H2,1-3H3,(H,27,28)/b17-10+. The van der Waals surface area contributed by atoms with Gasteiger partial charge in [0, 0.05) is 4.47 Å². The van der Waals surface area contributed by atoms with E-state index in [1.54, 1.807) is 44.4 Å². The first-order valence-electron chi connectivity index (χ1n) is 9.31. The van der Waals surface area contributed by atoms with Crippen LogP contribution in [0.3, 0.4) is 0 Å². The molecule has 0 radical (unpaired) electrons. The Labute approximate surface area is 182 Å². The number of amides is 1. The highest BCUT2D eigenvalue weighted by Crippen LogP contribution is 2.35. The summed E-state index contributed by atoms with van der Waals surface area (Å²) in [7, 11) is 1.56. The van der Waals surface area contributed by atoms with Gasteiger partial charge >= 0.3 is 5.97 Å². The number of ether oxygens (including phenoxy) is 2. The molecule has 0 aliphatic carbocycles. The summed E-state index contributed by atoms with van der Waals surface area (Å²) < 4.78 is 11.9. The highest BCUT2D eigenvalue weighted by atomic mass is 79.9. The van der Waals surface area contributed by atoms with Crippen LogP contribution in [0, 0.1) is 0 Å². The second-order valence-electron chi connectivity index (χ2n) is 6.59. The van der Waals surface area contributed by atoms with Crippen LogP contribution in [0.1, 0.15) is 36.2 Å². The molecule has 1 aliphatic rings. The van der Waals surface area contributed by atoms with Gasteiger partial charge in [-0.15, -0.1) is 0 Å². The number of halogens is 1. The summed E-state index contributed by atoms with van der Waals surface area (Å²) in [4.78, 5) is 24.2. The fraction of sp³-hybridized carbons (Fsp3) is 0.227. The van der Waals surface area contributed by atoms with Gasteiger partial charge in [-0.3, -0.25) is 4.79 Å². The zero-order valence-electron chi connectivity index (χ0n) is 16.8. The minimum absolute atomic E-state index is 0.0840. The number of rotatable bonds is 7. The van der Waals surface area contributed by atoms with Crippen LogP contribution < -0.4 is 14.5 Å². The number of methoxy groups -OCH3 is 1. The Kier molecular flexibility index (Phi) is 6.56. The van der Waals surface area contributed by atoms with Crippen molar-refractivity contribution in [3.8, 4) is 11.5 Å². The van der Waals surface area contributed by atoms with E-state index < -0.39 is 5.97 Å². The van der Waals surface area contributed by atoms with Crippen LogP contribution in [-0.2, 0) is 4.79 Å². The molecule has 156 valence electrons. The molecule has 0 saturated heterocycles. The summed E-state index contributed by atoms with van der Waals surface area (Å²) in [5.41, 5.74) is 2.14. The number of nitrogens with zero attached hydrogens (tertiary/aromatic N) is 2. The molecule has 0 bridgehead atoms. The first-order chi connectivity index (χ1) is 14.3. The molecule has 1 heterocycles. The molecule has 8 heteroatoms. The molecule has 0 atom stereocenters. The van der Waals surface area contributed by atoms with E-state index in [-0.39, 0.29) is 11.5 Å². The lowest BCUT2D eigenvalue weighted by Gasteiger charge is -2.13. The van der Waals surface area contributed by atoms with Gasteiger partial charge < -0.3 is 14.6 Å². The molecule has 0 spiro atoms. The van der Waals surface area contributed by atoms with Crippen molar-refractivity contribution in [1.29, 1.82) is 0 Å². The van der Waals surface area contributed by atoms with Gasteiger partial charge in [0.25, 0.3) is 5.91 Å². The van der Waals surface area contributed by atoms with Crippen LogP contribution in [0.5, 0.6) is 11.5 Å². The van der Waals surface area contributed by atoms with Gasteiger partial charge in [0.05, 0.1) is 36.3 Å². The van der Waals surface area contributed by atoms with Gasteiger partial charge in [-0.25, -0.2) is 4.79 Å². The van der Waals surface area contributed by atoms with Crippen molar-refractivity contribution >= 4 is 45.3 Å². The third-order valence-corrected chi connectivity index (χ3v) is 5.13. The zero-order valence-corrected chi connectivity index (χ0v) is 18.4. The molecule has 2 aromatic carbocycles. The maximum atomic E-state index is 13.0. The lowest BCUT2D eigenvalue weighted by molar-refractivity contribution is -0.114. The predicted octanol–water partition coefficient (Wildman–Crippen LogP) is 4.75. The average Bonchev–Trinajstić information content (AvgIpc) is 3.01. The Bertz CT molecular complexity index is 1060. The van der Waals surface area contributed by atoms with E-state index in [1.807, 2.05) is 6.92 Å². The minimum atomic E-state index is -1.07. The second-order valence-corrected chi connectivity index (χ2v) is 7.44. The van der Waals surface area contributed by atoms with Crippen LogP contribution in [0.15, 0.2) is 51.5 Å². The first kappa shape index (κ1) is 21.6. The highest BCUT2D eigenvalue weighted by Gasteiger charge is 2.29. The van der Waals surface area contributed by atoms with Crippen LogP contribution >= 0.6 is 15.9 Å². The number of carbonyl (C=O) groups is 2. The fourth-order valence-corrected chi connectivity index (χ4v) is 3.37. The molecule has 0 unspecified atom stereocenters. The average molecular weight is 473 g/mol. The van der Waals surface area contributed by atoms with Gasteiger partial charge in [0.15, 0.2) is 11.5 Å². The third-order valence-electron chi connectivity index (χ3n) is 4.44. The molecule has 2 aromatic rings. The number of carboxylic acid groups (broad SMARTS) is 1. The molecule has 0 fully saturated rings. The number of anilines is 1. The summed E-state index contributed by atoms with van der Waals surface area (Å²) in [6.45, 7) is 4.32.